The molecule has 0 aliphatic carbocycles. The summed E-state index contributed by atoms with van der Waals surface area (Å²) in [5, 5.41) is 5.27. The van der Waals surface area contributed by atoms with E-state index >= 15 is 0 Å². The van der Waals surface area contributed by atoms with Crippen LogP contribution in [0, 0.1) is 0 Å². The van der Waals surface area contributed by atoms with Gasteiger partial charge in [-0.1, -0.05) is 0 Å². The summed E-state index contributed by atoms with van der Waals surface area (Å²) in [7, 11) is 0. The lowest BCUT2D eigenvalue weighted by Crippen LogP contribution is -2.39. The first-order chi connectivity index (χ1) is 10.4. The van der Waals surface area contributed by atoms with Gasteiger partial charge in [-0.05, 0) is 20.8 Å². The highest BCUT2D eigenvalue weighted by Gasteiger charge is 2.32. The Bertz CT molecular complexity index is 492. The average Bonchev–Trinajstić information content (AvgIpc) is 2.65. The molecule has 0 atom stereocenters. The number of imide groups is 1. The third kappa shape index (κ3) is 4.87. The fourth-order valence-electron chi connectivity index (χ4n) is 1.86. The Balaban J connectivity index is 2.22. The summed E-state index contributed by atoms with van der Waals surface area (Å²) in [5.74, 6) is -0.549. The number of nitrogens with zero attached hydrogens (tertiary/aromatic N) is 1. The Morgan fingerprint density at radius 1 is 1.00 bits per heavy atom. The van der Waals surface area contributed by atoms with E-state index < -0.39 is 0 Å². The summed E-state index contributed by atoms with van der Waals surface area (Å²) in [6.45, 7) is 5.99. The number of thioether (sulfide) groups is 1. The summed E-state index contributed by atoms with van der Waals surface area (Å²) in [4.78, 5) is 47.5. The van der Waals surface area contributed by atoms with Crippen molar-refractivity contribution in [3.63, 3.8) is 0 Å². The van der Waals surface area contributed by atoms with Gasteiger partial charge in [-0.25, -0.2) is 0 Å². The molecule has 0 spiro atoms. The molecule has 0 fully saturated rings. The molecule has 122 valence electrons. The number of carbonyl (C=O) groups excluding carboxylic acids is 4. The molecule has 0 aromatic rings. The average molecular weight is 327 g/mol. The summed E-state index contributed by atoms with van der Waals surface area (Å²) < 4.78 is 0. The molecule has 0 aromatic carbocycles. The van der Waals surface area contributed by atoms with Crippen molar-refractivity contribution >= 4 is 35.4 Å². The SMILES string of the molecule is CCNC(=O)CSCC(=O)NCCN1C(=O)C(C)=C(C)C1=O. The van der Waals surface area contributed by atoms with Crippen molar-refractivity contribution in [3.8, 4) is 0 Å². The van der Waals surface area contributed by atoms with Crippen LogP contribution in [0.5, 0.6) is 0 Å². The van der Waals surface area contributed by atoms with Gasteiger partial charge >= 0.3 is 0 Å². The van der Waals surface area contributed by atoms with Gasteiger partial charge in [0.1, 0.15) is 0 Å². The van der Waals surface area contributed by atoms with Crippen LogP contribution in [-0.4, -0.2) is 59.7 Å². The van der Waals surface area contributed by atoms with Crippen LogP contribution in [0.15, 0.2) is 11.1 Å². The summed E-state index contributed by atoms with van der Waals surface area (Å²) in [6.07, 6.45) is 0. The largest absolute Gasteiger partial charge is 0.356 e. The van der Waals surface area contributed by atoms with E-state index in [-0.39, 0.29) is 48.2 Å². The molecule has 1 rings (SSSR count). The molecule has 0 saturated carbocycles. The number of hydrogen-bond acceptors (Lipinski definition) is 5. The van der Waals surface area contributed by atoms with E-state index in [0.717, 1.165) is 4.90 Å². The lowest BCUT2D eigenvalue weighted by Gasteiger charge is -2.15. The zero-order chi connectivity index (χ0) is 16.7. The highest BCUT2D eigenvalue weighted by Crippen LogP contribution is 2.18. The lowest BCUT2D eigenvalue weighted by atomic mass is 10.2. The maximum absolute atomic E-state index is 11.8. The van der Waals surface area contributed by atoms with Crippen LogP contribution >= 0.6 is 11.8 Å². The predicted octanol–water partition coefficient (Wildman–Crippen LogP) is -0.323. The van der Waals surface area contributed by atoms with Crippen molar-refractivity contribution in [2.45, 2.75) is 20.8 Å². The number of rotatable bonds is 8. The van der Waals surface area contributed by atoms with Gasteiger partial charge in [0.2, 0.25) is 11.8 Å². The maximum Gasteiger partial charge on any atom is 0.256 e. The fourth-order valence-corrected chi connectivity index (χ4v) is 2.54. The van der Waals surface area contributed by atoms with Crippen LogP contribution in [0.4, 0.5) is 0 Å². The number of nitrogens with one attached hydrogen (secondary N) is 2. The summed E-state index contributed by atoms with van der Waals surface area (Å²) >= 11 is 1.21. The Hall–Kier alpha value is -1.83. The molecule has 8 heteroatoms. The van der Waals surface area contributed by atoms with Crippen molar-refractivity contribution < 1.29 is 19.2 Å². The monoisotopic (exact) mass is 327 g/mol. The van der Waals surface area contributed by atoms with E-state index in [9.17, 15) is 19.2 Å². The quantitative estimate of drug-likeness (QED) is 0.596. The Morgan fingerprint density at radius 3 is 2.00 bits per heavy atom. The molecular weight excluding hydrogens is 306 g/mol. The molecule has 1 aliphatic heterocycles. The molecular formula is C14H21N3O4S. The van der Waals surface area contributed by atoms with Gasteiger partial charge in [0, 0.05) is 30.8 Å². The Morgan fingerprint density at radius 2 is 1.50 bits per heavy atom. The van der Waals surface area contributed by atoms with Crippen molar-refractivity contribution in [1.29, 1.82) is 0 Å². The van der Waals surface area contributed by atoms with Crippen LogP contribution < -0.4 is 10.6 Å². The van der Waals surface area contributed by atoms with Crippen LogP contribution in [0.2, 0.25) is 0 Å². The highest BCUT2D eigenvalue weighted by atomic mass is 32.2. The number of carbonyl (C=O) groups is 4. The third-order valence-electron chi connectivity index (χ3n) is 3.19. The van der Waals surface area contributed by atoms with Gasteiger partial charge in [0.05, 0.1) is 11.5 Å². The van der Waals surface area contributed by atoms with Crippen LogP contribution in [0.3, 0.4) is 0 Å². The fraction of sp³-hybridized carbons (Fsp3) is 0.571. The topological polar surface area (TPSA) is 95.6 Å². The number of amides is 4. The minimum absolute atomic E-state index is 0.106. The second-order valence-corrected chi connectivity index (χ2v) is 5.79. The standard InChI is InChI=1S/C14H21N3O4S/c1-4-15-11(18)7-22-8-12(19)16-5-6-17-13(20)9(2)10(3)14(17)21/h4-8H2,1-3H3,(H,15,18)(H,16,19). The molecule has 0 saturated heterocycles. The smallest absolute Gasteiger partial charge is 0.256 e. The molecule has 7 nitrogen and oxygen atoms in total. The van der Waals surface area contributed by atoms with Crippen LogP contribution in [0.1, 0.15) is 20.8 Å². The zero-order valence-corrected chi connectivity index (χ0v) is 13.8. The van der Waals surface area contributed by atoms with Gasteiger partial charge in [-0.3, -0.25) is 24.1 Å². The highest BCUT2D eigenvalue weighted by molar-refractivity contribution is 8.00. The molecule has 0 bridgehead atoms. The first kappa shape index (κ1) is 18.2. The minimum atomic E-state index is -0.303. The summed E-state index contributed by atoms with van der Waals surface area (Å²) in [5.41, 5.74) is 0.905. The van der Waals surface area contributed by atoms with Crippen molar-refractivity contribution in [2.24, 2.45) is 0 Å². The van der Waals surface area contributed by atoms with Gasteiger partial charge < -0.3 is 10.6 Å². The molecule has 0 radical (unpaired) electrons. The molecule has 4 amide bonds. The molecule has 0 aromatic heterocycles. The van der Waals surface area contributed by atoms with E-state index in [1.54, 1.807) is 13.8 Å². The Labute approximate surface area is 133 Å². The van der Waals surface area contributed by atoms with Gasteiger partial charge in [0.15, 0.2) is 0 Å². The van der Waals surface area contributed by atoms with Crippen molar-refractivity contribution in [3.05, 3.63) is 11.1 Å². The third-order valence-corrected chi connectivity index (χ3v) is 4.12. The molecule has 22 heavy (non-hydrogen) atoms. The number of hydrogen-bond donors (Lipinski definition) is 2. The van der Waals surface area contributed by atoms with E-state index in [2.05, 4.69) is 10.6 Å². The molecule has 0 unspecified atom stereocenters. The van der Waals surface area contributed by atoms with Crippen LogP contribution in [-0.2, 0) is 19.2 Å². The van der Waals surface area contributed by atoms with Gasteiger partial charge in [0.25, 0.3) is 11.8 Å². The Kier molecular flexibility index (Phi) is 7.10. The predicted molar refractivity (Wildman–Crippen MR) is 84.1 cm³/mol. The first-order valence-electron chi connectivity index (χ1n) is 7.03. The first-order valence-corrected chi connectivity index (χ1v) is 8.18. The van der Waals surface area contributed by atoms with E-state index in [4.69, 9.17) is 0 Å². The lowest BCUT2D eigenvalue weighted by molar-refractivity contribution is -0.138. The van der Waals surface area contributed by atoms with Gasteiger partial charge in [-0.15, -0.1) is 11.8 Å². The second kappa shape index (κ2) is 8.57. The van der Waals surface area contributed by atoms with E-state index in [1.807, 2.05) is 6.92 Å². The molecule has 1 heterocycles. The normalized spacial score (nSPS) is 14.6. The van der Waals surface area contributed by atoms with Crippen molar-refractivity contribution in [2.75, 3.05) is 31.1 Å². The molecule has 2 N–H and O–H groups in total. The van der Waals surface area contributed by atoms with Crippen molar-refractivity contribution in [1.82, 2.24) is 15.5 Å². The molecule has 1 aliphatic rings. The summed E-state index contributed by atoms with van der Waals surface area (Å²) in [6, 6.07) is 0. The van der Waals surface area contributed by atoms with E-state index in [1.165, 1.54) is 11.8 Å². The van der Waals surface area contributed by atoms with Crippen LogP contribution in [0.25, 0.3) is 0 Å². The second-order valence-electron chi connectivity index (χ2n) is 4.81. The van der Waals surface area contributed by atoms with Gasteiger partial charge in [-0.2, -0.15) is 0 Å². The minimum Gasteiger partial charge on any atom is -0.356 e. The zero-order valence-electron chi connectivity index (χ0n) is 13.0. The van der Waals surface area contributed by atoms with E-state index in [0.29, 0.717) is 17.7 Å². The maximum atomic E-state index is 11.8.